The van der Waals surface area contributed by atoms with E-state index in [1.165, 1.54) is 0 Å². The van der Waals surface area contributed by atoms with Crippen molar-refractivity contribution in [3.05, 3.63) is 48.2 Å². The van der Waals surface area contributed by atoms with Gasteiger partial charge in [0, 0.05) is 43.0 Å². The summed E-state index contributed by atoms with van der Waals surface area (Å²) >= 11 is 0. The van der Waals surface area contributed by atoms with Crippen LogP contribution in [-0.4, -0.2) is 38.3 Å². The smallest absolute Gasteiger partial charge is 0.128 e. The van der Waals surface area contributed by atoms with E-state index in [0.717, 1.165) is 48.8 Å². The Morgan fingerprint density at radius 2 is 1.92 bits per heavy atom. The number of nitrogens with one attached hydrogen (secondary N) is 1. The van der Waals surface area contributed by atoms with Crippen molar-refractivity contribution in [1.29, 1.82) is 0 Å². The molecule has 25 heavy (non-hydrogen) atoms. The fourth-order valence-corrected chi connectivity index (χ4v) is 3.44. The molecule has 0 bridgehead atoms. The number of aromatic nitrogens is 1. The van der Waals surface area contributed by atoms with Gasteiger partial charge in [0.05, 0.1) is 14.2 Å². The molecule has 1 unspecified atom stereocenters. The van der Waals surface area contributed by atoms with Crippen molar-refractivity contribution in [2.24, 2.45) is 0 Å². The van der Waals surface area contributed by atoms with Gasteiger partial charge in [-0.3, -0.25) is 0 Å². The summed E-state index contributed by atoms with van der Waals surface area (Å²) in [6.07, 6.45) is 4.08. The van der Waals surface area contributed by atoms with E-state index in [-0.39, 0.29) is 6.04 Å². The second-order valence-electron chi connectivity index (χ2n) is 6.45. The fourth-order valence-electron chi connectivity index (χ4n) is 3.44. The third-order valence-corrected chi connectivity index (χ3v) is 4.86. The first-order valence-electron chi connectivity index (χ1n) is 8.85. The molecule has 1 saturated heterocycles. The molecule has 1 aromatic heterocycles. The molecule has 2 aromatic rings. The van der Waals surface area contributed by atoms with Gasteiger partial charge in [0.25, 0.3) is 0 Å². The second-order valence-corrected chi connectivity index (χ2v) is 6.45. The van der Waals surface area contributed by atoms with Crippen LogP contribution >= 0.6 is 0 Å². The van der Waals surface area contributed by atoms with Crippen molar-refractivity contribution < 1.29 is 9.47 Å². The summed E-state index contributed by atoms with van der Waals surface area (Å²) in [6.45, 7) is 4.25. The monoisotopic (exact) mass is 341 g/mol. The predicted molar refractivity (Wildman–Crippen MR) is 101 cm³/mol. The molecule has 0 radical (unpaired) electrons. The van der Waals surface area contributed by atoms with Crippen molar-refractivity contribution in [3.8, 4) is 11.5 Å². The highest BCUT2D eigenvalue weighted by molar-refractivity contribution is 5.42. The number of pyridine rings is 1. The van der Waals surface area contributed by atoms with E-state index in [9.17, 15) is 0 Å². The summed E-state index contributed by atoms with van der Waals surface area (Å²) in [6, 6.07) is 12.8. The molecule has 0 saturated carbocycles. The third kappa shape index (κ3) is 4.23. The number of hydrogen-bond donors (Lipinski definition) is 1. The first-order chi connectivity index (χ1) is 12.2. The topological polar surface area (TPSA) is 46.6 Å². The van der Waals surface area contributed by atoms with E-state index >= 15 is 0 Å². The number of anilines is 1. The zero-order chi connectivity index (χ0) is 17.6. The fraction of sp³-hybridized carbons (Fsp3) is 0.450. The summed E-state index contributed by atoms with van der Waals surface area (Å²) in [5.41, 5.74) is 1.16. The summed E-state index contributed by atoms with van der Waals surface area (Å²) in [7, 11) is 3.38. The second kappa shape index (κ2) is 8.21. The lowest BCUT2D eigenvalue weighted by atomic mass is 10.0. The van der Waals surface area contributed by atoms with Crippen LogP contribution in [0, 0.1) is 0 Å². The van der Waals surface area contributed by atoms with Crippen LogP contribution in [0.4, 0.5) is 5.82 Å². The largest absolute Gasteiger partial charge is 0.497 e. The molecule has 5 heteroatoms. The number of hydrogen-bond acceptors (Lipinski definition) is 5. The first kappa shape index (κ1) is 17.5. The minimum absolute atomic E-state index is 0.229. The van der Waals surface area contributed by atoms with Crippen LogP contribution in [0.15, 0.2) is 42.6 Å². The van der Waals surface area contributed by atoms with Crippen molar-refractivity contribution >= 4 is 5.82 Å². The lowest BCUT2D eigenvalue weighted by molar-refractivity contribution is 0.360. The van der Waals surface area contributed by atoms with Gasteiger partial charge in [0.1, 0.15) is 17.3 Å². The Labute approximate surface area is 150 Å². The first-order valence-corrected chi connectivity index (χ1v) is 8.85. The summed E-state index contributed by atoms with van der Waals surface area (Å²) in [5, 5.41) is 3.75. The Morgan fingerprint density at radius 1 is 1.12 bits per heavy atom. The molecule has 1 aliphatic heterocycles. The van der Waals surface area contributed by atoms with Crippen LogP contribution in [0.5, 0.6) is 11.5 Å². The number of methoxy groups -OCH3 is 2. The molecule has 2 heterocycles. The highest BCUT2D eigenvalue weighted by atomic mass is 16.5. The highest BCUT2D eigenvalue weighted by Crippen LogP contribution is 2.30. The van der Waals surface area contributed by atoms with E-state index in [1.807, 2.05) is 30.5 Å². The third-order valence-electron chi connectivity index (χ3n) is 4.86. The van der Waals surface area contributed by atoms with Crippen molar-refractivity contribution in [1.82, 2.24) is 10.3 Å². The Kier molecular flexibility index (Phi) is 5.76. The predicted octanol–water partition coefficient (Wildman–Crippen LogP) is 3.42. The summed E-state index contributed by atoms with van der Waals surface area (Å²) < 4.78 is 10.8. The van der Waals surface area contributed by atoms with Gasteiger partial charge in [-0.2, -0.15) is 0 Å². The molecule has 1 aromatic carbocycles. The van der Waals surface area contributed by atoms with E-state index in [2.05, 4.69) is 34.3 Å². The van der Waals surface area contributed by atoms with Crippen LogP contribution in [0.3, 0.4) is 0 Å². The van der Waals surface area contributed by atoms with Crippen LogP contribution in [0.25, 0.3) is 0 Å². The van der Waals surface area contributed by atoms with Crippen molar-refractivity contribution in [2.75, 3.05) is 32.2 Å². The Balaban J connectivity index is 1.58. The molecule has 5 nitrogen and oxygen atoms in total. The van der Waals surface area contributed by atoms with Gasteiger partial charge in [-0.05, 0) is 38.0 Å². The normalized spacial score (nSPS) is 16.5. The average molecular weight is 341 g/mol. The molecule has 0 spiro atoms. The zero-order valence-corrected chi connectivity index (χ0v) is 15.2. The van der Waals surface area contributed by atoms with Crippen molar-refractivity contribution in [2.45, 2.75) is 31.8 Å². The standard InChI is InChI=1S/C20H27N3O2/c1-15(18-8-7-17(24-2)14-19(18)25-3)22-16-9-12-23(13-10-16)20-6-4-5-11-21-20/h4-8,11,14-16,22H,9-10,12-13H2,1-3H3. The SMILES string of the molecule is COc1ccc(C(C)NC2CCN(c3ccccn3)CC2)c(OC)c1. The molecule has 1 fully saturated rings. The molecule has 0 amide bonds. The summed E-state index contributed by atoms with van der Waals surface area (Å²) in [5.74, 6) is 2.76. The van der Waals surface area contributed by atoms with Crippen LogP contribution in [0.1, 0.15) is 31.4 Å². The van der Waals surface area contributed by atoms with Gasteiger partial charge in [0.15, 0.2) is 0 Å². The molecular weight excluding hydrogens is 314 g/mol. The number of rotatable bonds is 6. The quantitative estimate of drug-likeness (QED) is 0.872. The maximum absolute atomic E-state index is 5.54. The van der Waals surface area contributed by atoms with Gasteiger partial charge in [0.2, 0.25) is 0 Å². The number of benzene rings is 1. The van der Waals surface area contributed by atoms with Crippen LogP contribution in [0.2, 0.25) is 0 Å². The van der Waals surface area contributed by atoms with E-state index in [0.29, 0.717) is 6.04 Å². The Hall–Kier alpha value is -2.27. The number of ether oxygens (including phenoxy) is 2. The minimum Gasteiger partial charge on any atom is -0.497 e. The van der Waals surface area contributed by atoms with E-state index < -0.39 is 0 Å². The Morgan fingerprint density at radius 3 is 2.56 bits per heavy atom. The molecule has 0 aliphatic carbocycles. The maximum Gasteiger partial charge on any atom is 0.128 e. The molecule has 1 N–H and O–H groups in total. The van der Waals surface area contributed by atoms with E-state index in [1.54, 1.807) is 14.2 Å². The molecule has 3 rings (SSSR count). The summed E-state index contributed by atoms with van der Waals surface area (Å²) in [4.78, 5) is 6.81. The number of piperidine rings is 1. The lowest BCUT2D eigenvalue weighted by Gasteiger charge is -2.34. The van der Waals surface area contributed by atoms with Crippen molar-refractivity contribution in [3.63, 3.8) is 0 Å². The number of nitrogens with zero attached hydrogens (tertiary/aromatic N) is 2. The highest BCUT2D eigenvalue weighted by Gasteiger charge is 2.22. The maximum atomic E-state index is 5.54. The molecule has 1 aliphatic rings. The van der Waals surface area contributed by atoms with Gasteiger partial charge < -0.3 is 19.7 Å². The molecular formula is C20H27N3O2. The van der Waals surface area contributed by atoms with Gasteiger partial charge in [-0.15, -0.1) is 0 Å². The molecule has 134 valence electrons. The van der Waals surface area contributed by atoms with Gasteiger partial charge >= 0.3 is 0 Å². The van der Waals surface area contributed by atoms with Crippen LogP contribution < -0.4 is 19.7 Å². The molecule has 1 atom stereocenters. The van der Waals surface area contributed by atoms with E-state index in [4.69, 9.17) is 9.47 Å². The lowest BCUT2D eigenvalue weighted by Crippen LogP contribution is -2.43. The average Bonchev–Trinajstić information content (AvgIpc) is 2.68. The minimum atomic E-state index is 0.229. The van der Waals surface area contributed by atoms with Crippen LogP contribution in [-0.2, 0) is 0 Å². The van der Waals surface area contributed by atoms with Gasteiger partial charge in [-0.1, -0.05) is 12.1 Å². The zero-order valence-electron chi connectivity index (χ0n) is 15.2. The van der Waals surface area contributed by atoms with Gasteiger partial charge in [-0.25, -0.2) is 4.98 Å². The Bertz CT molecular complexity index is 670.